The lowest BCUT2D eigenvalue weighted by Crippen LogP contribution is -2.38. The van der Waals surface area contributed by atoms with Gasteiger partial charge in [0.05, 0.1) is 33.4 Å². The minimum atomic E-state index is -1.17. The lowest BCUT2D eigenvalue weighted by Gasteiger charge is -2.27. The Morgan fingerprint density at radius 2 is 1.97 bits per heavy atom. The highest BCUT2D eigenvalue weighted by Gasteiger charge is 2.30. The molecule has 1 aliphatic rings. The molecule has 1 aromatic heterocycles. The van der Waals surface area contributed by atoms with Crippen LogP contribution in [-0.2, 0) is 9.53 Å². The Labute approximate surface area is 164 Å². The number of benzene rings is 1. The third-order valence-corrected chi connectivity index (χ3v) is 4.62. The first-order valence-electron chi connectivity index (χ1n) is 8.48. The molecule has 1 aliphatic heterocycles. The summed E-state index contributed by atoms with van der Waals surface area (Å²) in [5.74, 6) is -1.54. The predicted octanol–water partition coefficient (Wildman–Crippen LogP) is 1.68. The van der Waals surface area contributed by atoms with Gasteiger partial charge in [0.25, 0.3) is 0 Å². The van der Waals surface area contributed by atoms with Crippen molar-refractivity contribution in [2.45, 2.75) is 6.42 Å². The Morgan fingerprint density at radius 3 is 2.55 bits per heavy atom. The van der Waals surface area contributed by atoms with E-state index in [1.54, 1.807) is 0 Å². The van der Waals surface area contributed by atoms with Gasteiger partial charge in [-0.2, -0.15) is 0 Å². The molecule has 0 unspecified atom stereocenters. The van der Waals surface area contributed by atoms with Crippen molar-refractivity contribution < 1.29 is 33.3 Å². The number of hydrogen-bond acceptors (Lipinski definition) is 8. The summed E-state index contributed by atoms with van der Waals surface area (Å²) in [6.45, 7) is -0.0893. The summed E-state index contributed by atoms with van der Waals surface area (Å²) in [6.07, 6.45) is -1.04. The minimum Gasteiger partial charge on any atom is -0.493 e. The molecule has 0 saturated heterocycles. The fraction of sp³-hybridized carbons (Fsp3) is 0.333. The molecule has 154 valence electrons. The molecule has 3 N–H and O–H groups in total. The van der Waals surface area contributed by atoms with E-state index >= 15 is 0 Å². The molecule has 0 spiro atoms. The molecule has 0 atom stereocenters. The maximum absolute atomic E-state index is 15.0. The number of halogens is 1. The average Bonchev–Trinajstić information content (AvgIpc) is 2.72. The van der Waals surface area contributed by atoms with E-state index in [2.05, 4.69) is 9.97 Å². The quantitative estimate of drug-likeness (QED) is 0.726. The highest BCUT2D eigenvalue weighted by Crippen LogP contribution is 2.38. The van der Waals surface area contributed by atoms with Gasteiger partial charge in [-0.15, -0.1) is 0 Å². The highest BCUT2D eigenvalue weighted by molar-refractivity contribution is 5.99. The Morgan fingerprint density at radius 1 is 1.24 bits per heavy atom. The van der Waals surface area contributed by atoms with Gasteiger partial charge in [-0.25, -0.2) is 23.9 Å². The first-order chi connectivity index (χ1) is 13.8. The zero-order valence-electron chi connectivity index (χ0n) is 16.0. The van der Waals surface area contributed by atoms with Crippen LogP contribution in [0.5, 0.6) is 11.5 Å². The van der Waals surface area contributed by atoms with Gasteiger partial charge >= 0.3 is 12.1 Å². The summed E-state index contributed by atoms with van der Waals surface area (Å²) in [6, 6.07) is 1.46. The Bertz CT molecular complexity index is 1040. The second-order valence-corrected chi connectivity index (χ2v) is 6.16. The number of aromatic nitrogens is 2. The van der Waals surface area contributed by atoms with Gasteiger partial charge in [0, 0.05) is 17.5 Å². The van der Waals surface area contributed by atoms with Crippen LogP contribution in [0.3, 0.4) is 0 Å². The molecule has 29 heavy (non-hydrogen) atoms. The number of carbonyl (C=O) groups excluding carboxylic acids is 1. The van der Waals surface area contributed by atoms with E-state index in [1.165, 1.54) is 27.4 Å². The molecular formula is C18H19FN4O6. The van der Waals surface area contributed by atoms with Crippen molar-refractivity contribution in [3.8, 4) is 11.5 Å². The second kappa shape index (κ2) is 7.78. The fourth-order valence-electron chi connectivity index (χ4n) is 3.17. The molecule has 0 radical (unpaired) electrons. The van der Waals surface area contributed by atoms with E-state index in [0.717, 1.165) is 4.90 Å². The van der Waals surface area contributed by atoms with Crippen LogP contribution in [0, 0.1) is 5.82 Å². The van der Waals surface area contributed by atoms with Crippen LogP contribution in [0.2, 0.25) is 0 Å². The molecule has 0 bridgehead atoms. The molecule has 0 fully saturated rings. The lowest BCUT2D eigenvalue weighted by atomic mass is 9.99. The van der Waals surface area contributed by atoms with Crippen LogP contribution in [0.4, 0.5) is 15.0 Å². The largest absolute Gasteiger partial charge is 0.493 e. The van der Waals surface area contributed by atoms with Crippen LogP contribution in [0.25, 0.3) is 16.5 Å². The van der Waals surface area contributed by atoms with E-state index in [-0.39, 0.29) is 59.1 Å². The van der Waals surface area contributed by atoms with Gasteiger partial charge in [-0.05, 0) is 12.5 Å². The summed E-state index contributed by atoms with van der Waals surface area (Å²) in [4.78, 5) is 33.0. The first-order valence-corrected chi connectivity index (χ1v) is 8.48. The van der Waals surface area contributed by atoms with E-state index in [4.69, 9.17) is 19.9 Å². The number of ether oxygens (including phenoxy) is 3. The summed E-state index contributed by atoms with van der Waals surface area (Å²) in [5.41, 5.74) is 6.33. The molecule has 2 aromatic rings. The molecule has 11 heteroatoms. The Balaban J connectivity index is 2.24. The minimum absolute atomic E-state index is 0.0200. The third kappa shape index (κ3) is 3.46. The van der Waals surface area contributed by atoms with Crippen LogP contribution in [-0.4, -0.2) is 66.5 Å². The molecule has 1 amide bonds. The van der Waals surface area contributed by atoms with E-state index < -0.39 is 17.9 Å². The number of anilines is 1. The number of esters is 1. The zero-order valence-corrected chi connectivity index (χ0v) is 16.0. The van der Waals surface area contributed by atoms with Crippen molar-refractivity contribution in [1.82, 2.24) is 14.9 Å². The molecule has 3 rings (SSSR count). The van der Waals surface area contributed by atoms with Gasteiger partial charge in [0.2, 0.25) is 0 Å². The van der Waals surface area contributed by atoms with Gasteiger partial charge in [-0.1, -0.05) is 0 Å². The number of fused-ring (bicyclic) bond motifs is 1. The van der Waals surface area contributed by atoms with Gasteiger partial charge < -0.3 is 30.0 Å². The summed E-state index contributed by atoms with van der Waals surface area (Å²) < 4.78 is 29.9. The van der Waals surface area contributed by atoms with Crippen molar-refractivity contribution in [2.24, 2.45) is 0 Å². The number of carboxylic acid groups (broad SMARTS) is 1. The Kier molecular flexibility index (Phi) is 5.39. The standard InChI is InChI=1S/C18H19FN4O6/c1-27-11-6-9-13(12(19)14(11)28-2)21-16(22-15(9)20)8-4-5-23(18(25)26)7-10(8)17(24)29-3/h6H,4-5,7H2,1-3H3,(H,25,26)(H2,20,21,22). The van der Waals surface area contributed by atoms with Gasteiger partial charge in [0.1, 0.15) is 11.3 Å². The molecular weight excluding hydrogens is 387 g/mol. The van der Waals surface area contributed by atoms with Gasteiger partial charge in [-0.3, -0.25) is 0 Å². The van der Waals surface area contributed by atoms with E-state index in [9.17, 15) is 19.1 Å². The van der Waals surface area contributed by atoms with Crippen molar-refractivity contribution in [1.29, 1.82) is 0 Å². The van der Waals surface area contributed by atoms with Gasteiger partial charge in [0.15, 0.2) is 23.1 Å². The maximum atomic E-state index is 15.0. The molecule has 1 aromatic carbocycles. The Hall–Kier alpha value is -3.63. The van der Waals surface area contributed by atoms with Crippen molar-refractivity contribution in [2.75, 3.05) is 40.2 Å². The number of hydrogen-bond donors (Lipinski definition) is 2. The zero-order chi connectivity index (χ0) is 21.3. The van der Waals surface area contributed by atoms with Crippen molar-refractivity contribution >= 4 is 34.4 Å². The smallest absolute Gasteiger partial charge is 0.407 e. The van der Waals surface area contributed by atoms with Crippen LogP contribution in [0.15, 0.2) is 11.6 Å². The molecule has 0 aliphatic carbocycles. The molecule has 0 saturated carbocycles. The SMILES string of the molecule is COC(=O)C1=C(c2nc(N)c3cc(OC)c(OC)c(F)c3n2)CCN(C(=O)O)C1. The third-order valence-electron chi connectivity index (χ3n) is 4.62. The summed E-state index contributed by atoms with van der Waals surface area (Å²) in [5, 5.41) is 9.44. The summed E-state index contributed by atoms with van der Waals surface area (Å²) in [7, 11) is 3.83. The monoisotopic (exact) mass is 406 g/mol. The number of nitrogens with zero attached hydrogens (tertiary/aromatic N) is 3. The summed E-state index contributed by atoms with van der Waals surface area (Å²) >= 11 is 0. The van der Waals surface area contributed by atoms with Crippen LogP contribution in [0.1, 0.15) is 12.2 Å². The fourth-order valence-corrected chi connectivity index (χ4v) is 3.17. The van der Waals surface area contributed by atoms with E-state index in [1.807, 2.05) is 0 Å². The van der Waals surface area contributed by atoms with Crippen LogP contribution < -0.4 is 15.2 Å². The highest BCUT2D eigenvalue weighted by atomic mass is 19.1. The number of nitrogen functional groups attached to an aromatic ring is 1. The predicted molar refractivity (Wildman–Crippen MR) is 100 cm³/mol. The maximum Gasteiger partial charge on any atom is 0.407 e. The topological polar surface area (TPSA) is 137 Å². The average molecular weight is 406 g/mol. The number of rotatable bonds is 4. The molecule has 10 nitrogen and oxygen atoms in total. The number of nitrogens with two attached hydrogens (primary N) is 1. The lowest BCUT2D eigenvalue weighted by molar-refractivity contribution is -0.136. The number of methoxy groups -OCH3 is 3. The van der Waals surface area contributed by atoms with Crippen molar-refractivity contribution in [3.63, 3.8) is 0 Å². The second-order valence-electron chi connectivity index (χ2n) is 6.16. The normalized spacial score (nSPS) is 14.1. The molecule has 2 heterocycles. The number of carbonyl (C=O) groups is 2. The number of amides is 1. The van der Waals surface area contributed by atoms with Crippen LogP contribution >= 0.6 is 0 Å². The first kappa shape index (κ1) is 20.1. The van der Waals surface area contributed by atoms with Crippen molar-refractivity contribution in [3.05, 3.63) is 23.3 Å². The van der Waals surface area contributed by atoms with E-state index in [0.29, 0.717) is 5.57 Å².